The predicted molar refractivity (Wildman–Crippen MR) is 90.4 cm³/mol. The van der Waals surface area contributed by atoms with Gasteiger partial charge in [0.2, 0.25) is 0 Å². The number of hydrogen-bond acceptors (Lipinski definition) is 5. The van der Waals surface area contributed by atoms with Crippen LogP contribution in [-0.2, 0) is 0 Å². The number of carboxylic acids is 1. The largest absolute Gasteiger partial charge is 0.573 e. The molecule has 0 unspecified atom stereocenters. The number of hydrogen-bond donors (Lipinski definition) is 1. The van der Waals surface area contributed by atoms with Crippen molar-refractivity contribution in [3.05, 3.63) is 72.3 Å². The summed E-state index contributed by atoms with van der Waals surface area (Å²) in [5.74, 6) is -2.63. The van der Waals surface area contributed by atoms with E-state index in [2.05, 4.69) is 15.0 Å². The molecule has 0 saturated carbocycles. The van der Waals surface area contributed by atoms with Gasteiger partial charge in [-0.25, -0.2) is 4.39 Å². The second-order valence-corrected chi connectivity index (χ2v) is 5.60. The number of nitrogens with zero attached hydrogens (tertiary/aromatic N) is 1. The average Bonchev–Trinajstić information content (AvgIpc) is 2.62. The van der Waals surface area contributed by atoms with Gasteiger partial charge in [-0.2, -0.15) is 0 Å². The standard InChI is InChI=1S/C19H12F4N2O3/c20-15-9-12(11-2-1-3-13(8-11)28-19(21,22)23)4-5-16(15)25-17-10-24-7-6-14(17)18(26)27/h1-10,25H,(H,26,27)/p-1. The van der Waals surface area contributed by atoms with E-state index in [0.29, 0.717) is 11.1 Å². The third kappa shape index (κ3) is 4.56. The van der Waals surface area contributed by atoms with Gasteiger partial charge in [0.1, 0.15) is 11.6 Å². The number of aromatic nitrogens is 1. The molecule has 0 aliphatic heterocycles. The van der Waals surface area contributed by atoms with Crippen molar-refractivity contribution in [1.29, 1.82) is 0 Å². The number of benzene rings is 2. The lowest BCUT2D eigenvalue weighted by Crippen LogP contribution is -2.23. The fourth-order valence-corrected chi connectivity index (χ4v) is 2.49. The second kappa shape index (κ2) is 7.55. The lowest BCUT2D eigenvalue weighted by atomic mass is 10.0. The number of carboxylic acid groups (broad SMARTS) is 1. The van der Waals surface area contributed by atoms with Crippen LogP contribution in [0.3, 0.4) is 0 Å². The number of aromatic carboxylic acids is 1. The molecule has 5 nitrogen and oxygen atoms in total. The number of rotatable bonds is 5. The minimum Gasteiger partial charge on any atom is -0.545 e. The van der Waals surface area contributed by atoms with Crippen LogP contribution in [0.15, 0.2) is 60.9 Å². The molecule has 1 heterocycles. The van der Waals surface area contributed by atoms with Gasteiger partial charge < -0.3 is 20.0 Å². The van der Waals surface area contributed by atoms with Crippen LogP contribution in [0.5, 0.6) is 5.75 Å². The van der Waals surface area contributed by atoms with Crippen molar-refractivity contribution in [1.82, 2.24) is 4.98 Å². The minimum atomic E-state index is -4.84. The molecule has 3 rings (SSSR count). The number of halogens is 4. The summed E-state index contributed by atoms with van der Waals surface area (Å²) in [5, 5.41) is 13.7. The van der Waals surface area contributed by atoms with Crippen molar-refractivity contribution < 1.29 is 32.2 Å². The van der Waals surface area contributed by atoms with Crippen LogP contribution in [0.2, 0.25) is 0 Å². The molecule has 9 heteroatoms. The Bertz CT molecular complexity index is 1020. The van der Waals surface area contributed by atoms with Crippen molar-refractivity contribution in [3.8, 4) is 16.9 Å². The first-order valence-electron chi connectivity index (χ1n) is 7.81. The smallest absolute Gasteiger partial charge is 0.545 e. The van der Waals surface area contributed by atoms with Gasteiger partial charge in [0.15, 0.2) is 0 Å². The quantitative estimate of drug-likeness (QED) is 0.668. The van der Waals surface area contributed by atoms with Gasteiger partial charge in [-0.1, -0.05) is 18.2 Å². The number of carbonyl (C=O) groups is 1. The molecular formula is C19H11F4N2O3-. The predicted octanol–water partition coefficient (Wildman–Crippen LogP) is 3.89. The summed E-state index contributed by atoms with van der Waals surface area (Å²) in [6.45, 7) is 0. The second-order valence-electron chi connectivity index (χ2n) is 5.60. The number of nitrogens with one attached hydrogen (secondary N) is 1. The highest BCUT2D eigenvalue weighted by atomic mass is 19.4. The summed E-state index contributed by atoms with van der Waals surface area (Å²) >= 11 is 0. The van der Waals surface area contributed by atoms with Gasteiger partial charge in [-0.05, 0) is 41.5 Å². The van der Waals surface area contributed by atoms with Crippen molar-refractivity contribution in [2.75, 3.05) is 5.32 Å². The van der Waals surface area contributed by atoms with Crippen molar-refractivity contribution in [2.24, 2.45) is 0 Å². The highest BCUT2D eigenvalue weighted by Crippen LogP contribution is 2.30. The molecule has 2 aromatic carbocycles. The lowest BCUT2D eigenvalue weighted by Gasteiger charge is -2.14. The van der Waals surface area contributed by atoms with E-state index < -0.39 is 23.9 Å². The normalized spacial score (nSPS) is 11.1. The van der Waals surface area contributed by atoms with Crippen molar-refractivity contribution in [2.45, 2.75) is 6.36 Å². The van der Waals surface area contributed by atoms with Crippen LogP contribution in [0.25, 0.3) is 11.1 Å². The first kappa shape index (κ1) is 19.2. The molecule has 1 N–H and O–H groups in total. The Morgan fingerprint density at radius 3 is 2.46 bits per heavy atom. The molecule has 0 amide bonds. The molecule has 0 saturated heterocycles. The van der Waals surface area contributed by atoms with Crippen LogP contribution < -0.4 is 15.2 Å². The Kier molecular flexibility index (Phi) is 5.16. The summed E-state index contributed by atoms with van der Waals surface area (Å²) in [5.41, 5.74) is 0.415. The van der Waals surface area contributed by atoms with Gasteiger partial charge in [0.25, 0.3) is 0 Å². The van der Waals surface area contributed by atoms with Crippen LogP contribution >= 0.6 is 0 Å². The van der Waals surface area contributed by atoms with E-state index in [4.69, 9.17) is 0 Å². The summed E-state index contributed by atoms with van der Waals surface area (Å²) in [6.07, 6.45) is -2.37. The maximum Gasteiger partial charge on any atom is 0.573 e. The summed E-state index contributed by atoms with van der Waals surface area (Å²) in [6, 6.07) is 10.2. The molecular weight excluding hydrogens is 380 g/mol. The zero-order chi connectivity index (χ0) is 20.3. The number of alkyl halides is 3. The fraction of sp³-hybridized carbons (Fsp3) is 0.0526. The van der Waals surface area contributed by atoms with E-state index in [1.54, 1.807) is 0 Å². The number of pyridine rings is 1. The van der Waals surface area contributed by atoms with Gasteiger partial charge in [-0.15, -0.1) is 13.2 Å². The summed E-state index contributed by atoms with van der Waals surface area (Å²) in [7, 11) is 0. The first-order chi connectivity index (χ1) is 13.2. The third-order valence-corrected chi connectivity index (χ3v) is 3.68. The molecule has 0 spiro atoms. The lowest BCUT2D eigenvalue weighted by molar-refractivity contribution is -0.274. The Hall–Kier alpha value is -3.62. The molecule has 3 aromatic rings. The SMILES string of the molecule is O=C([O-])c1ccncc1Nc1ccc(-c2cccc(OC(F)(F)F)c2)cc1F. The van der Waals surface area contributed by atoms with E-state index in [1.807, 2.05) is 0 Å². The Balaban J connectivity index is 1.88. The molecule has 0 radical (unpaired) electrons. The zero-order valence-electron chi connectivity index (χ0n) is 14.0. The molecule has 1 aromatic heterocycles. The van der Waals surface area contributed by atoms with Gasteiger partial charge >= 0.3 is 6.36 Å². The Morgan fingerprint density at radius 2 is 1.79 bits per heavy atom. The molecule has 0 bridgehead atoms. The number of anilines is 2. The Labute approximate surface area is 156 Å². The zero-order valence-corrected chi connectivity index (χ0v) is 14.0. The van der Waals surface area contributed by atoms with Crippen LogP contribution in [0.4, 0.5) is 28.9 Å². The molecule has 0 aliphatic carbocycles. The van der Waals surface area contributed by atoms with Crippen LogP contribution in [0, 0.1) is 5.82 Å². The summed E-state index contributed by atoms with van der Waals surface area (Å²) in [4.78, 5) is 14.9. The van der Waals surface area contributed by atoms with E-state index >= 15 is 0 Å². The van der Waals surface area contributed by atoms with Crippen molar-refractivity contribution in [3.63, 3.8) is 0 Å². The minimum absolute atomic E-state index is 0.0368. The monoisotopic (exact) mass is 391 g/mol. The van der Waals surface area contributed by atoms with Gasteiger partial charge in [0, 0.05) is 11.8 Å². The third-order valence-electron chi connectivity index (χ3n) is 3.68. The van der Waals surface area contributed by atoms with Crippen LogP contribution in [0.1, 0.15) is 10.4 Å². The number of ether oxygens (including phenoxy) is 1. The molecule has 28 heavy (non-hydrogen) atoms. The van der Waals surface area contributed by atoms with Crippen LogP contribution in [-0.4, -0.2) is 17.3 Å². The average molecular weight is 391 g/mol. The fourth-order valence-electron chi connectivity index (χ4n) is 2.49. The highest BCUT2D eigenvalue weighted by molar-refractivity contribution is 5.93. The molecule has 144 valence electrons. The maximum atomic E-state index is 14.5. The van der Waals surface area contributed by atoms with E-state index in [1.165, 1.54) is 42.7 Å². The highest BCUT2D eigenvalue weighted by Gasteiger charge is 2.31. The van der Waals surface area contributed by atoms with E-state index in [0.717, 1.165) is 18.2 Å². The van der Waals surface area contributed by atoms with E-state index in [-0.39, 0.29) is 16.9 Å². The van der Waals surface area contributed by atoms with E-state index in [9.17, 15) is 27.5 Å². The van der Waals surface area contributed by atoms with Crippen molar-refractivity contribution >= 4 is 17.3 Å². The van der Waals surface area contributed by atoms with Gasteiger partial charge in [-0.3, -0.25) is 4.98 Å². The Morgan fingerprint density at radius 1 is 1.04 bits per heavy atom. The molecule has 0 aliphatic rings. The van der Waals surface area contributed by atoms with Gasteiger partial charge in [0.05, 0.1) is 23.5 Å². The first-order valence-corrected chi connectivity index (χ1v) is 7.81. The molecule has 0 atom stereocenters. The summed E-state index contributed by atoms with van der Waals surface area (Å²) < 4.78 is 55.4. The number of carbonyl (C=O) groups excluding carboxylic acids is 1. The maximum absolute atomic E-state index is 14.5. The molecule has 0 fully saturated rings. The topological polar surface area (TPSA) is 74.3 Å².